The maximum absolute atomic E-state index is 12.6. The van der Waals surface area contributed by atoms with E-state index in [1.54, 1.807) is 26.0 Å². The smallest absolute Gasteiger partial charge is 0.256 e. The maximum Gasteiger partial charge on any atom is 0.256 e. The number of aliphatic hydroxyl groups is 1. The van der Waals surface area contributed by atoms with E-state index in [4.69, 9.17) is 4.99 Å². The van der Waals surface area contributed by atoms with Crippen LogP contribution in [0.5, 0.6) is 0 Å². The van der Waals surface area contributed by atoms with Crippen molar-refractivity contribution in [1.82, 2.24) is 5.32 Å². The summed E-state index contributed by atoms with van der Waals surface area (Å²) in [5.41, 5.74) is 3.63. The number of hydrogen-bond donors (Lipinski definition) is 2. The van der Waals surface area contributed by atoms with Crippen molar-refractivity contribution in [1.29, 1.82) is 0 Å². The van der Waals surface area contributed by atoms with Crippen LogP contribution < -0.4 is 5.32 Å². The zero-order valence-electron chi connectivity index (χ0n) is 23.9. The molecule has 3 atom stereocenters. The molecule has 0 heterocycles. The number of carbonyl (C=O) groups is 2. The molecule has 3 unspecified atom stereocenters. The van der Waals surface area contributed by atoms with Gasteiger partial charge in [0.2, 0.25) is 0 Å². The van der Waals surface area contributed by atoms with Crippen LogP contribution in [0.2, 0.25) is 0 Å². The van der Waals surface area contributed by atoms with E-state index in [1.165, 1.54) is 0 Å². The summed E-state index contributed by atoms with van der Waals surface area (Å²) in [6.07, 6.45) is 1.10. The highest BCUT2D eigenvalue weighted by Crippen LogP contribution is 2.40. The highest BCUT2D eigenvalue weighted by molar-refractivity contribution is 6.06. The molecule has 0 aliphatic rings. The Morgan fingerprint density at radius 2 is 1.64 bits per heavy atom. The highest BCUT2D eigenvalue weighted by atomic mass is 16.3. The van der Waals surface area contributed by atoms with Crippen LogP contribution >= 0.6 is 0 Å². The quantitative estimate of drug-likeness (QED) is 0.284. The molecule has 0 aromatic heterocycles. The predicted octanol–water partition coefficient (Wildman–Crippen LogP) is 7.27. The number of benzene rings is 2. The van der Waals surface area contributed by atoms with E-state index >= 15 is 0 Å². The molecule has 1 amide bonds. The van der Waals surface area contributed by atoms with Crippen LogP contribution in [-0.4, -0.2) is 28.7 Å². The van der Waals surface area contributed by atoms with Gasteiger partial charge in [-0.3, -0.25) is 9.59 Å². The topological polar surface area (TPSA) is 78.8 Å². The van der Waals surface area contributed by atoms with Crippen molar-refractivity contribution in [2.45, 2.75) is 99.5 Å². The number of hydrogen-bond acceptors (Lipinski definition) is 4. The number of carbonyl (C=O) groups excluding carboxylic acids is 2. The lowest BCUT2D eigenvalue weighted by Gasteiger charge is -2.31. The summed E-state index contributed by atoms with van der Waals surface area (Å²) >= 11 is 0. The normalized spacial score (nSPS) is 14.2. The number of amides is 1. The third kappa shape index (κ3) is 8.12. The van der Waals surface area contributed by atoms with E-state index in [0.29, 0.717) is 17.8 Å². The first-order valence-corrected chi connectivity index (χ1v) is 13.1. The Bertz CT molecular complexity index is 1040. The van der Waals surface area contributed by atoms with Crippen LogP contribution in [0.15, 0.2) is 47.5 Å². The molecule has 2 aromatic rings. The molecule has 2 rings (SSSR count). The van der Waals surface area contributed by atoms with Crippen LogP contribution in [-0.2, 0) is 10.2 Å². The van der Waals surface area contributed by atoms with Gasteiger partial charge in [-0.2, -0.15) is 0 Å². The second-order valence-corrected chi connectivity index (χ2v) is 9.99. The second-order valence-electron chi connectivity index (χ2n) is 9.99. The molecule has 198 valence electrons. The summed E-state index contributed by atoms with van der Waals surface area (Å²) in [7, 11) is 0. The Morgan fingerprint density at radius 3 is 2.17 bits per heavy atom. The number of aliphatic imine (C=N–C) groups is 1. The van der Waals surface area contributed by atoms with Crippen molar-refractivity contribution >= 4 is 23.2 Å². The number of rotatable bonds is 9. The van der Waals surface area contributed by atoms with Crippen molar-refractivity contribution in [3.63, 3.8) is 0 Å². The summed E-state index contributed by atoms with van der Waals surface area (Å²) in [5.74, 6) is 0.763. The number of aryl methyl sites for hydroxylation is 1. The molecule has 5 heteroatoms. The molecule has 2 N–H and O–H groups in total. The van der Waals surface area contributed by atoms with Crippen molar-refractivity contribution in [2.75, 3.05) is 0 Å². The molecule has 0 radical (unpaired) electrons. The van der Waals surface area contributed by atoms with Gasteiger partial charge in [0, 0.05) is 11.0 Å². The van der Waals surface area contributed by atoms with Gasteiger partial charge >= 0.3 is 0 Å². The number of nitrogens with zero attached hydrogens (tertiary/aromatic N) is 1. The van der Waals surface area contributed by atoms with E-state index in [-0.39, 0.29) is 29.6 Å². The van der Waals surface area contributed by atoms with Crippen molar-refractivity contribution in [2.24, 2.45) is 10.9 Å². The van der Waals surface area contributed by atoms with Crippen LogP contribution in [0.4, 0.5) is 5.69 Å². The molecule has 2 aromatic carbocycles. The van der Waals surface area contributed by atoms with Gasteiger partial charge in [-0.05, 0) is 94.2 Å². The van der Waals surface area contributed by atoms with Crippen LogP contribution in [0, 0.1) is 12.8 Å². The van der Waals surface area contributed by atoms with Crippen LogP contribution in [0.3, 0.4) is 0 Å². The zero-order valence-corrected chi connectivity index (χ0v) is 23.9. The summed E-state index contributed by atoms with van der Waals surface area (Å²) < 4.78 is 0. The highest BCUT2D eigenvalue weighted by Gasteiger charge is 2.32. The van der Waals surface area contributed by atoms with E-state index in [0.717, 1.165) is 28.8 Å². The fourth-order valence-electron chi connectivity index (χ4n) is 4.09. The summed E-state index contributed by atoms with van der Waals surface area (Å²) in [6, 6.07) is 13.1. The van der Waals surface area contributed by atoms with Crippen molar-refractivity contribution in [3.8, 4) is 0 Å². The third-order valence-corrected chi connectivity index (χ3v) is 7.00. The van der Waals surface area contributed by atoms with E-state index in [9.17, 15) is 14.7 Å². The predicted molar refractivity (Wildman–Crippen MR) is 151 cm³/mol. The van der Waals surface area contributed by atoms with Gasteiger partial charge in [0.15, 0.2) is 0 Å². The van der Waals surface area contributed by atoms with Crippen molar-refractivity contribution in [3.05, 3.63) is 64.7 Å². The lowest BCUT2D eigenvalue weighted by atomic mass is 9.73. The molecule has 0 bridgehead atoms. The minimum Gasteiger partial charge on any atom is -0.393 e. The van der Waals surface area contributed by atoms with Gasteiger partial charge in [-0.1, -0.05) is 58.9 Å². The Morgan fingerprint density at radius 1 is 1.06 bits per heavy atom. The van der Waals surface area contributed by atoms with Gasteiger partial charge in [0.1, 0.15) is 11.6 Å². The fraction of sp³-hybridized carbons (Fsp3) is 0.516. The summed E-state index contributed by atoms with van der Waals surface area (Å²) in [4.78, 5) is 29.8. The molecule has 0 saturated carbocycles. The lowest BCUT2D eigenvalue weighted by molar-refractivity contribution is -0.121. The molecule has 0 aliphatic carbocycles. The molecular formula is C31H46N2O3. The number of aliphatic hydroxyl groups excluding tert-OH is 1. The summed E-state index contributed by atoms with van der Waals surface area (Å²) in [6.45, 7) is 19.6. The number of amidine groups is 1. The minimum atomic E-state index is -0.689. The van der Waals surface area contributed by atoms with Gasteiger partial charge < -0.3 is 10.4 Å². The van der Waals surface area contributed by atoms with Crippen molar-refractivity contribution < 1.29 is 14.7 Å². The molecule has 5 nitrogen and oxygen atoms in total. The monoisotopic (exact) mass is 494 g/mol. The van der Waals surface area contributed by atoms with Gasteiger partial charge in [0.25, 0.3) is 5.91 Å². The first kappa shape index (κ1) is 31.2. The van der Waals surface area contributed by atoms with Gasteiger partial charge in [0.05, 0.1) is 11.8 Å². The zero-order chi connectivity index (χ0) is 27.6. The van der Waals surface area contributed by atoms with Gasteiger partial charge in [-0.15, -0.1) is 0 Å². The molecule has 0 fully saturated rings. The minimum absolute atomic E-state index is 0.0788. The molecule has 0 spiro atoms. The second kappa shape index (κ2) is 14.1. The first-order valence-electron chi connectivity index (χ1n) is 13.1. The van der Waals surface area contributed by atoms with E-state index in [1.807, 2.05) is 65.8 Å². The SMILES string of the molecule is CC.CCC(O)CC(C)C(C)c1cc(C)c(N=C(C)NC(=O)c2ccccc2)cc1C(C)(C)C(C)=O. The largest absolute Gasteiger partial charge is 0.393 e. The number of Topliss-reactive ketones (excluding diaryl/α,β-unsaturated/α-hetero) is 1. The fourth-order valence-corrected chi connectivity index (χ4v) is 4.09. The average Bonchev–Trinajstić information content (AvgIpc) is 2.85. The molecule has 0 saturated heterocycles. The van der Waals surface area contributed by atoms with E-state index in [2.05, 4.69) is 25.2 Å². The third-order valence-electron chi connectivity index (χ3n) is 7.00. The molecule has 36 heavy (non-hydrogen) atoms. The maximum atomic E-state index is 12.6. The lowest BCUT2D eigenvalue weighted by Crippen LogP contribution is -2.30. The van der Waals surface area contributed by atoms with Gasteiger partial charge in [-0.25, -0.2) is 4.99 Å². The number of nitrogens with one attached hydrogen (secondary N) is 1. The Labute approximate surface area is 218 Å². The van der Waals surface area contributed by atoms with Crippen LogP contribution in [0.25, 0.3) is 0 Å². The summed E-state index contributed by atoms with van der Waals surface area (Å²) in [5, 5.41) is 13.0. The standard InChI is InChI=1S/C29H40N2O3.C2H6/c1-9-24(33)15-18(2)20(4)25-16-19(3)27(17-26(25)29(7,8)21(5)32)30-22(6)31-28(34)23-13-11-10-12-14-23;1-2/h10-14,16-18,20,24,33H,9,15H2,1-8H3,(H,30,31,34);1-2H3. The Balaban J connectivity index is 0.00000316. The Kier molecular flexibility index (Phi) is 12.2. The van der Waals surface area contributed by atoms with Crippen LogP contribution in [0.1, 0.15) is 108 Å². The molecular weight excluding hydrogens is 448 g/mol. The average molecular weight is 495 g/mol. The number of ketones is 1. The first-order chi connectivity index (χ1) is 16.9. The Hall–Kier alpha value is -2.79. The van der Waals surface area contributed by atoms with E-state index < -0.39 is 5.41 Å². The molecule has 0 aliphatic heterocycles.